The van der Waals surface area contributed by atoms with Crippen molar-refractivity contribution in [1.29, 1.82) is 0 Å². The molecule has 1 atom stereocenters. The average Bonchev–Trinajstić information content (AvgIpc) is 2.60. The van der Waals surface area contributed by atoms with Crippen LogP contribution in [0.5, 0.6) is 5.75 Å². The van der Waals surface area contributed by atoms with Gasteiger partial charge >= 0.3 is 0 Å². The van der Waals surface area contributed by atoms with Crippen LogP contribution in [0.2, 0.25) is 0 Å². The van der Waals surface area contributed by atoms with Gasteiger partial charge in [-0.25, -0.2) is 0 Å². The Morgan fingerprint density at radius 1 is 1.11 bits per heavy atom. The van der Waals surface area contributed by atoms with E-state index >= 15 is 0 Å². The molecule has 0 bridgehead atoms. The molecule has 0 saturated heterocycles. The standard InChI is InChI=1S/C24H34N2O2/c1-17-12-21(27)13-18(2)22(17)14-20(26(5)6)16-25-23(28)15-24(3,4)19-10-8-7-9-11-19/h7-13,20,27H,14-16H2,1-6H3,(H,25,28). The topological polar surface area (TPSA) is 52.6 Å². The smallest absolute Gasteiger partial charge is 0.220 e. The molecule has 2 aromatic rings. The molecule has 0 aliphatic heterocycles. The molecule has 0 aliphatic carbocycles. The molecule has 4 nitrogen and oxygen atoms in total. The summed E-state index contributed by atoms with van der Waals surface area (Å²) in [5, 5.41) is 12.9. The van der Waals surface area contributed by atoms with E-state index in [1.807, 2.05) is 46.1 Å². The Morgan fingerprint density at radius 3 is 2.21 bits per heavy atom. The molecule has 0 heterocycles. The molecule has 1 amide bonds. The largest absolute Gasteiger partial charge is 0.508 e. The number of benzene rings is 2. The number of likely N-dealkylation sites (N-methyl/N-ethyl adjacent to an activating group) is 1. The van der Waals surface area contributed by atoms with Crippen LogP contribution >= 0.6 is 0 Å². The van der Waals surface area contributed by atoms with Gasteiger partial charge in [0.2, 0.25) is 5.91 Å². The van der Waals surface area contributed by atoms with Crippen LogP contribution in [-0.4, -0.2) is 42.6 Å². The minimum Gasteiger partial charge on any atom is -0.508 e. The lowest BCUT2D eigenvalue weighted by molar-refractivity contribution is -0.122. The summed E-state index contributed by atoms with van der Waals surface area (Å²) in [5.74, 6) is 0.372. The number of nitrogens with zero attached hydrogens (tertiary/aromatic N) is 1. The van der Waals surface area contributed by atoms with Crippen LogP contribution in [-0.2, 0) is 16.6 Å². The fourth-order valence-electron chi connectivity index (χ4n) is 3.65. The third-order valence-corrected chi connectivity index (χ3v) is 5.54. The quantitative estimate of drug-likeness (QED) is 0.726. The van der Waals surface area contributed by atoms with E-state index in [1.54, 1.807) is 12.1 Å². The number of aromatic hydroxyl groups is 1. The summed E-state index contributed by atoms with van der Waals surface area (Å²) >= 11 is 0. The fourth-order valence-corrected chi connectivity index (χ4v) is 3.65. The Labute approximate surface area is 169 Å². The minimum absolute atomic E-state index is 0.0693. The maximum Gasteiger partial charge on any atom is 0.220 e. The zero-order chi connectivity index (χ0) is 20.9. The van der Waals surface area contributed by atoms with E-state index in [1.165, 1.54) is 11.1 Å². The lowest BCUT2D eigenvalue weighted by atomic mass is 9.81. The minimum atomic E-state index is -0.205. The summed E-state index contributed by atoms with van der Waals surface area (Å²) in [6.07, 6.45) is 1.28. The van der Waals surface area contributed by atoms with Crippen LogP contribution in [0.4, 0.5) is 0 Å². The van der Waals surface area contributed by atoms with E-state index in [0.29, 0.717) is 18.7 Å². The normalized spacial score (nSPS) is 12.8. The monoisotopic (exact) mass is 382 g/mol. The third kappa shape index (κ3) is 5.83. The van der Waals surface area contributed by atoms with Gasteiger partial charge < -0.3 is 15.3 Å². The second-order valence-electron chi connectivity index (χ2n) is 8.61. The molecule has 0 aliphatic rings. The van der Waals surface area contributed by atoms with Crippen molar-refractivity contribution in [3.05, 3.63) is 64.7 Å². The van der Waals surface area contributed by atoms with E-state index in [9.17, 15) is 9.90 Å². The van der Waals surface area contributed by atoms with Gasteiger partial charge in [0.25, 0.3) is 0 Å². The van der Waals surface area contributed by atoms with E-state index < -0.39 is 0 Å². The van der Waals surface area contributed by atoms with Gasteiger partial charge in [-0.3, -0.25) is 4.79 Å². The lowest BCUT2D eigenvalue weighted by Crippen LogP contribution is -2.43. The lowest BCUT2D eigenvalue weighted by Gasteiger charge is -2.28. The van der Waals surface area contributed by atoms with Gasteiger partial charge in [-0.1, -0.05) is 44.2 Å². The van der Waals surface area contributed by atoms with Crippen molar-refractivity contribution in [1.82, 2.24) is 10.2 Å². The number of amides is 1. The first-order chi connectivity index (χ1) is 13.1. The van der Waals surface area contributed by atoms with Gasteiger partial charge in [0.05, 0.1) is 0 Å². The summed E-state index contributed by atoms with van der Waals surface area (Å²) < 4.78 is 0. The van der Waals surface area contributed by atoms with E-state index in [0.717, 1.165) is 17.5 Å². The first kappa shape index (κ1) is 22.0. The predicted molar refractivity (Wildman–Crippen MR) is 116 cm³/mol. The Balaban J connectivity index is 2.01. The van der Waals surface area contributed by atoms with Crippen molar-refractivity contribution in [3.8, 4) is 5.75 Å². The summed E-state index contributed by atoms with van der Waals surface area (Å²) in [6.45, 7) is 8.85. The number of carbonyl (C=O) groups is 1. The van der Waals surface area contributed by atoms with Gasteiger partial charge in [-0.15, -0.1) is 0 Å². The van der Waals surface area contributed by atoms with Gasteiger partial charge in [0.1, 0.15) is 5.75 Å². The van der Waals surface area contributed by atoms with Crippen molar-refractivity contribution in [2.24, 2.45) is 0 Å². The first-order valence-electron chi connectivity index (χ1n) is 9.88. The molecule has 0 fully saturated rings. The summed E-state index contributed by atoms with van der Waals surface area (Å²) in [5.41, 5.74) is 4.37. The maximum atomic E-state index is 12.6. The molecular weight excluding hydrogens is 348 g/mol. The van der Waals surface area contributed by atoms with Crippen molar-refractivity contribution in [3.63, 3.8) is 0 Å². The van der Waals surface area contributed by atoms with Gasteiger partial charge in [0.15, 0.2) is 0 Å². The molecular formula is C24H34N2O2. The Kier molecular flexibility index (Phi) is 7.25. The van der Waals surface area contributed by atoms with E-state index in [4.69, 9.17) is 0 Å². The molecule has 0 radical (unpaired) electrons. The molecule has 1 unspecified atom stereocenters. The third-order valence-electron chi connectivity index (χ3n) is 5.54. The van der Waals surface area contributed by atoms with Crippen LogP contribution in [0.15, 0.2) is 42.5 Å². The Hall–Kier alpha value is -2.33. The fraction of sp³-hybridized carbons (Fsp3) is 0.458. The number of hydrogen-bond acceptors (Lipinski definition) is 3. The summed E-state index contributed by atoms with van der Waals surface area (Å²) in [6, 6.07) is 14.0. The first-order valence-corrected chi connectivity index (χ1v) is 9.88. The molecule has 4 heteroatoms. The Morgan fingerprint density at radius 2 is 1.68 bits per heavy atom. The second kappa shape index (κ2) is 9.24. The average molecular weight is 383 g/mol. The van der Waals surface area contributed by atoms with Gasteiger partial charge in [-0.2, -0.15) is 0 Å². The van der Waals surface area contributed by atoms with E-state index in [2.05, 4.69) is 36.2 Å². The highest BCUT2D eigenvalue weighted by Gasteiger charge is 2.25. The molecule has 2 N–H and O–H groups in total. The van der Waals surface area contributed by atoms with Crippen LogP contribution in [0.1, 0.15) is 42.5 Å². The van der Waals surface area contributed by atoms with Gasteiger partial charge in [0, 0.05) is 19.0 Å². The van der Waals surface area contributed by atoms with Crippen LogP contribution in [0, 0.1) is 13.8 Å². The molecule has 0 spiro atoms. The zero-order valence-electron chi connectivity index (χ0n) is 18.0. The van der Waals surface area contributed by atoms with Crippen LogP contribution in [0.3, 0.4) is 0 Å². The maximum absolute atomic E-state index is 12.6. The number of hydrogen-bond donors (Lipinski definition) is 2. The molecule has 0 saturated carbocycles. The second-order valence-corrected chi connectivity index (χ2v) is 8.61. The van der Waals surface area contributed by atoms with Crippen molar-refractivity contribution in [2.45, 2.75) is 52.0 Å². The highest BCUT2D eigenvalue weighted by atomic mass is 16.3. The summed E-state index contributed by atoms with van der Waals surface area (Å²) in [4.78, 5) is 14.8. The number of aryl methyl sites for hydroxylation is 2. The molecule has 2 aromatic carbocycles. The zero-order valence-corrected chi connectivity index (χ0v) is 18.0. The van der Waals surface area contributed by atoms with Crippen LogP contribution < -0.4 is 5.32 Å². The number of phenols is 1. The molecule has 152 valence electrons. The van der Waals surface area contributed by atoms with Crippen LogP contribution in [0.25, 0.3) is 0 Å². The van der Waals surface area contributed by atoms with Crippen molar-refractivity contribution < 1.29 is 9.90 Å². The highest BCUT2D eigenvalue weighted by molar-refractivity contribution is 5.77. The molecule has 0 aromatic heterocycles. The highest BCUT2D eigenvalue weighted by Crippen LogP contribution is 2.27. The van der Waals surface area contributed by atoms with Crippen molar-refractivity contribution >= 4 is 5.91 Å². The van der Waals surface area contributed by atoms with E-state index in [-0.39, 0.29) is 17.4 Å². The number of nitrogens with one attached hydrogen (secondary N) is 1. The Bertz CT molecular complexity index is 775. The van der Waals surface area contributed by atoms with Gasteiger partial charge in [-0.05, 0) is 74.2 Å². The summed E-state index contributed by atoms with van der Waals surface area (Å²) in [7, 11) is 4.08. The molecule has 2 rings (SSSR count). The predicted octanol–water partition coefficient (Wildman–Crippen LogP) is 3.97. The number of phenolic OH excluding ortho intramolecular Hbond substituents is 1. The number of rotatable bonds is 8. The SMILES string of the molecule is Cc1cc(O)cc(C)c1CC(CNC(=O)CC(C)(C)c1ccccc1)N(C)C. The molecule has 28 heavy (non-hydrogen) atoms. The van der Waals surface area contributed by atoms with Crippen molar-refractivity contribution in [2.75, 3.05) is 20.6 Å². The number of carbonyl (C=O) groups excluding carboxylic acids is 1.